The second-order valence-corrected chi connectivity index (χ2v) is 3.69. The highest BCUT2D eigenvalue weighted by molar-refractivity contribution is 5.26. The second kappa shape index (κ2) is 3.46. The molecule has 0 amide bonds. The summed E-state index contributed by atoms with van der Waals surface area (Å²) in [6.07, 6.45) is -0.720. The number of aryl methyl sites for hydroxylation is 1. The van der Waals surface area contributed by atoms with E-state index in [-0.39, 0.29) is 5.92 Å². The largest absolute Gasteiger partial charge is 0.313 e. The van der Waals surface area contributed by atoms with Crippen LogP contribution in [0.15, 0.2) is 24.3 Å². The zero-order valence-corrected chi connectivity index (χ0v) is 7.76. The molecule has 1 fully saturated rings. The van der Waals surface area contributed by atoms with Crippen molar-refractivity contribution in [3.05, 3.63) is 35.4 Å². The second-order valence-electron chi connectivity index (χ2n) is 3.69. The quantitative estimate of drug-likeness (QED) is 0.695. The molecule has 70 valence electrons. The monoisotopic (exact) mass is 179 g/mol. The Balaban J connectivity index is 2.20. The van der Waals surface area contributed by atoms with E-state index in [1.54, 1.807) is 0 Å². The number of hydrogen-bond donors (Lipinski definition) is 1. The van der Waals surface area contributed by atoms with Gasteiger partial charge in [-0.05, 0) is 12.5 Å². The lowest BCUT2D eigenvalue weighted by Gasteiger charge is -2.11. The highest BCUT2D eigenvalue weighted by Crippen LogP contribution is 2.25. The van der Waals surface area contributed by atoms with Crippen molar-refractivity contribution in [1.82, 2.24) is 5.32 Å². The number of benzene rings is 1. The number of nitrogens with one attached hydrogen (secondary N) is 1. The lowest BCUT2D eigenvalue weighted by atomic mass is 9.96. The summed E-state index contributed by atoms with van der Waals surface area (Å²) in [5, 5.41) is 3.06. The molecule has 2 atom stereocenters. The van der Waals surface area contributed by atoms with Crippen LogP contribution in [0.5, 0.6) is 0 Å². The zero-order chi connectivity index (χ0) is 9.26. The molecule has 0 spiro atoms. The van der Waals surface area contributed by atoms with Crippen LogP contribution in [0.2, 0.25) is 0 Å². The van der Waals surface area contributed by atoms with Crippen molar-refractivity contribution < 1.29 is 4.39 Å². The van der Waals surface area contributed by atoms with E-state index < -0.39 is 6.17 Å². The lowest BCUT2D eigenvalue weighted by Crippen LogP contribution is -2.10. The van der Waals surface area contributed by atoms with Crippen LogP contribution in [0.25, 0.3) is 0 Å². The summed E-state index contributed by atoms with van der Waals surface area (Å²) in [7, 11) is 0. The van der Waals surface area contributed by atoms with E-state index in [1.807, 2.05) is 31.2 Å². The third-order valence-corrected chi connectivity index (χ3v) is 2.65. The van der Waals surface area contributed by atoms with Gasteiger partial charge in [-0.2, -0.15) is 0 Å². The van der Waals surface area contributed by atoms with Crippen LogP contribution in [0.3, 0.4) is 0 Å². The molecule has 2 rings (SSSR count). The first-order chi connectivity index (χ1) is 6.27. The standard InChI is InChI=1S/C11H14FN/c1-8-2-4-9(5-3-8)10-6-13-7-11(10)12/h2-5,10-11,13H,6-7H2,1H3. The van der Waals surface area contributed by atoms with Gasteiger partial charge in [-0.15, -0.1) is 0 Å². The maximum absolute atomic E-state index is 13.3. The average Bonchev–Trinajstić information content (AvgIpc) is 2.53. The topological polar surface area (TPSA) is 12.0 Å². The van der Waals surface area contributed by atoms with E-state index in [4.69, 9.17) is 0 Å². The maximum Gasteiger partial charge on any atom is 0.121 e. The Kier molecular flexibility index (Phi) is 2.32. The molecule has 0 aromatic heterocycles. The molecule has 0 bridgehead atoms. The molecule has 1 N–H and O–H groups in total. The van der Waals surface area contributed by atoms with Crippen LogP contribution in [-0.4, -0.2) is 19.3 Å². The SMILES string of the molecule is Cc1ccc(C2CNCC2F)cc1. The Labute approximate surface area is 78.0 Å². The van der Waals surface area contributed by atoms with Crippen LogP contribution < -0.4 is 5.32 Å². The first kappa shape index (κ1) is 8.70. The van der Waals surface area contributed by atoms with E-state index in [9.17, 15) is 4.39 Å². The molecule has 1 nitrogen and oxygen atoms in total. The first-order valence-electron chi connectivity index (χ1n) is 4.69. The van der Waals surface area contributed by atoms with E-state index in [0.29, 0.717) is 6.54 Å². The first-order valence-corrected chi connectivity index (χ1v) is 4.69. The van der Waals surface area contributed by atoms with Gasteiger partial charge in [0.2, 0.25) is 0 Å². The number of rotatable bonds is 1. The summed E-state index contributed by atoms with van der Waals surface area (Å²) in [6.45, 7) is 3.31. The van der Waals surface area contributed by atoms with E-state index >= 15 is 0 Å². The van der Waals surface area contributed by atoms with Crippen molar-refractivity contribution in [1.29, 1.82) is 0 Å². The fourth-order valence-corrected chi connectivity index (χ4v) is 1.79. The summed E-state index contributed by atoms with van der Waals surface area (Å²) >= 11 is 0. The van der Waals surface area contributed by atoms with Gasteiger partial charge >= 0.3 is 0 Å². The van der Waals surface area contributed by atoms with Gasteiger partial charge in [0.05, 0.1) is 0 Å². The van der Waals surface area contributed by atoms with Crippen molar-refractivity contribution >= 4 is 0 Å². The molecular formula is C11H14FN. The summed E-state index contributed by atoms with van der Waals surface area (Å²) in [5.41, 5.74) is 2.34. The number of halogens is 1. The van der Waals surface area contributed by atoms with E-state index in [2.05, 4.69) is 5.32 Å². The molecule has 0 radical (unpaired) electrons. The Morgan fingerprint density at radius 2 is 1.92 bits per heavy atom. The Bertz CT molecular complexity index is 281. The van der Waals surface area contributed by atoms with Gasteiger partial charge in [0.25, 0.3) is 0 Å². The predicted molar refractivity (Wildman–Crippen MR) is 51.7 cm³/mol. The van der Waals surface area contributed by atoms with Gasteiger partial charge < -0.3 is 5.32 Å². The molecule has 1 aromatic carbocycles. The van der Waals surface area contributed by atoms with E-state index in [0.717, 1.165) is 12.1 Å². The Morgan fingerprint density at radius 3 is 2.46 bits per heavy atom. The van der Waals surface area contributed by atoms with Crippen LogP contribution in [-0.2, 0) is 0 Å². The fraction of sp³-hybridized carbons (Fsp3) is 0.455. The van der Waals surface area contributed by atoms with Crippen molar-refractivity contribution in [2.45, 2.75) is 19.0 Å². The normalized spacial score (nSPS) is 27.8. The Hall–Kier alpha value is -0.890. The summed E-state index contributed by atoms with van der Waals surface area (Å²) in [5.74, 6) is 0.0561. The van der Waals surface area contributed by atoms with Gasteiger partial charge in [0.15, 0.2) is 0 Å². The number of alkyl halides is 1. The van der Waals surface area contributed by atoms with Crippen molar-refractivity contribution in [2.75, 3.05) is 13.1 Å². The molecule has 1 aliphatic rings. The molecule has 1 saturated heterocycles. The predicted octanol–water partition coefficient (Wildman–Crippen LogP) is 2.02. The van der Waals surface area contributed by atoms with Gasteiger partial charge in [0, 0.05) is 19.0 Å². The van der Waals surface area contributed by atoms with Gasteiger partial charge in [-0.3, -0.25) is 0 Å². The smallest absolute Gasteiger partial charge is 0.121 e. The zero-order valence-electron chi connectivity index (χ0n) is 7.76. The van der Waals surface area contributed by atoms with Crippen molar-refractivity contribution in [3.63, 3.8) is 0 Å². The minimum Gasteiger partial charge on any atom is -0.313 e. The van der Waals surface area contributed by atoms with Gasteiger partial charge in [-0.25, -0.2) is 4.39 Å². The Morgan fingerprint density at radius 1 is 1.23 bits per heavy atom. The molecule has 1 aliphatic heterocycles. The van der Waals surface area contributed by atoms with Crippen molar-refractivity contribution in [2.24, 2.45) is 0 Å². The molecule has 2 unspecified atom stereocenters. The van der Waals surface area contributed by atoms with Crippen molar-refractivity contribution in [3.8, 4) is 0 Å². The van der Waals surface area contributed by atoms with Crippen LogP contribution >= 0.6 is 0 Å². The molecule has 0 aliphatic carbocycles. The van der Waals surface area contributed by atoms with Crippen LogP contribution in [0.4, 0.5) is 4.39 Å². The molecule has 13 heavy (non-hydrogen) atoms. The molecular weight excluding hydrogens is 165 g/mol. The summed E-state index contributed by atoms with van der Waals surface area (Å²) in [6, 6.07) is 8.14. The molecule has 0 saturated carbocycles. The van der Waals surface area contributed by atoms with Crippen LogP contribution in [0, 0.1) is 6.92 Å². The minimum absolute atomic E-state index is 0.0561. The third kappa shape index (κ3) is 1.73. The van der Waals surface area contributed by atoms with Gasteiger partial charge in [-0.1, -0.05) is 29.8 Å². The summed E-state index contributed by atoms with van der Waals surface area (Å²) < 4.78 is 13.3. The van der Waals surface area contributed by atoms with E-state index in [1.165, 1.54) is 5.56 Å². The maximum atomic E-state index is 13.3. The highest BCUT2D eigenvalue weighted by Gasteiger charge is 2.27. The average molecular weight is 179 g/mol. The van der Waals surface area contributed by atoms with Gasteiger partial charge in [0.1, 0.15) is 6.17 Å². The third-order valence-electron chi connectivity index (χ3n) is 2.65. The molecule has 1 aromatic rings. The fourth-order valence-electron chi connectivity index (χ4n) is 1.79. The molecule has 2 heteroatoms. The van der Waals surface area contributed by atoms with Crippen LogP contribution in [0.1, 0.15) is 17.0 Å². The highest BCUT2D eigenvalue weighted by atomic mass is 19.1. The number of hydrogen-bond acceptors (Lipinski definition) is 1. The lowest BCUT2D eigenvalue weighted by molar-refractivity contribution is 0.332. The molecule has 1 heterocycles. The minimum atomic E-state index is -0.720. The summed E-state index contributed by atoms with van der Waals surface area (Å²) in [4.78, 5) is 0.